The molecule has 1 amide bonds. The second-order valence-electron chi connectivity index (χ2n) is 6.07. The van der Waals surface area contributed by atoms with Crippen molar-refractivity contribution in [1.82, 2.24) is 10.2 Å². The van der Waals surface area contributed by atoms with E-state index in [4.69, 9.17) is 5.73 Å². The zero-order valence-corrected chi connectivity index (χ0v) is 12.7. The van der Waals surface area contributed by atoms with Gasteiger partial charge in [0, 0.05) is 23.0 Å². The molecule has 3 rings (SSSR count). The normalized spacial score (nSPS) is 31.8. The second-order valence-corrected chi connectivity index (χ2v) is 7.05. The van der Waals surface area contributed by atoms with Gasteiger partial charge in [-0.05, 0) is 44.2 Å². The summed E-state index contributed by atoms with van der Waals surface area (Å²) in [5.74, 6) is -0.0277. The molecule has 3 atom stereocenters. The summed E-state index contributed by atoms with van der Waals surface area (Å²) in [5.41, 5.74) is 6.03. The first-order valence-electron chi connectivity index (χ1n) is 7.46. The molecule has 2 saturated heterocycles. The summed E-state index contributed by atoms with van der Waals surface area (Å²) < 4.78 is 0. The maximum Gasteiger partial charge on any atom is 0.242 e. The maximum atomic E-state index is 12.3. The lowest BCUT2D eigenvalue weighted by atomic mass is 9.82. The van der Waals surface area contributed by atoms with Crippen LogP contribution in [0.25, 0.3) is 0 Å². The van der Waals surface area contributed by atoms with Gasteiger partial charge in [0.25, 0.3) is 0 Å². The third-order valence-corrected chi connectivity index (χ3v) is 5.77. The first kappa shape index (κ1) is 14.0. The molecule has 2 bridgehead atoms. The lowest BCUT2D eigenvalue weighted by molar-refractivity contribution is -0.123. The molecule has 2 aliphatic heterocycles. The number of hydrogen-bond acceptors (Lipinski definition) is 4. The molecule has 2 fully saturated rings. The molecule has 3 heterocycles. The zero-order valence-electron chi connectivity index (χ0n) is 11.9. The average molecular weight is 293 g/mol. The van der Waals surface area contributed by atoms with Crippen LogP contribution in [0.15, 0.2) is 17.5 Å². The third-order valence-electron chi connectivity index (χ3n) is 4.82. The van der Waals surface area contributed by atoms with Gasteiger partial charge in [-0.1, -0.05) is 12.5 Å². The van der Waals surface area contributed by atoms with E-state index >= 15 is 0 Å². The van der Waals surface area contributed by atoms with Gasteiger partial charge in [0.15, 0.2) is 0 Å². The Morgan fingerprint density at radius 1 is 1.45 bits per heavy atom. The van der Waals surface area contributed by atoms with Gasteiger partial charge in [0.05, 0.1) is 0 Å². The van der Waals surface area contributed by atoms with E-state index in [2.05, 4.69) is 17.3 Å². The Balaban J connectivity index is 1.59. The highest BCUT2D eigenvalue weighted by molar-refractivity contribution is 7.10. The topological polar surface area (TPSA) is 58.4 Å². The van der Waals surface area contributed by atoms with Crippen molar-refractivity contribution in [1.29, 1.82) is 0 Å². The molecule has 0 radical (unpaired) electrons. The minimum absolute atomic E-state index is 0.0277. The van der Waals surface area contributed by atoms with Crippen LogP contribution in [0, 0.1) is 0 Å². The Hall–Kier alpha value is -0.910. The number of piperidine rings is 2. The summed E-state index contributed by atoms with van der Waals surface area (Å²) >= 11 is 1.54. The molecule has 1 aromatic heterocycles. The monoisotopic (exact) mass is 293 g/mol. The molecule has 0 saturated carbocycles. The van der Waals surface area contributed by atoms with Crippen molar-refractivity contribution in [2.45, 2.75) is 56.3 Å². The largest absolute Gasteiger partial charge is 0.352 e. The summed E-state index contributed by atoms with van der Waals surface area (Å²) in [4.78, 5) is 15.7. The quantitative estimate of drug-likeness (QED) is 0.894. The molecular weight excluding hydrogens is 270 g/mol. The van der Waals surface area contributed by atoms with Gasteiger partial charge >= 0.3 is 0 Å². The van der Waals surface area contributed by atoms with E-state index in [1.54, 1.807) is 11.3 Å². The molecular formula is C15H23N3OS. The summed E-state index contributed by atoms with van der Waals surface area (Å²) in [6.45, 7) is 0. The number of thiophene rings is 1. The van der Waals surface area contributed by atoms with E-state index in [0.29, 0.717) is 18.1 Å². The molecule has 3 unspecified atom stereocenters. The number of rotatable bonds is 3. The van der Waals surface area contributed by atoms with Crippen molar-refractivity contribution in [2.24, 2.45) is 5.73 Å². The van der Waals surface area contributed by atoms with E-state index < -0.39 is 6.04 Å². The first-order chi connectivity index (χ1) is 9.65. The summed E-state index contributed by atoms with van der Waals surface area (Å²) in [5, 5.41) is 5.13. The Bertz CT molecular complexity index is 448. The molecule has 3 N–H and O–H groups in total. The van der Waals surface area contributed by atoms with E-state index in [0.717, 1.165) is 17.7 Å². The third kappa shape index (κ3) is 2.75. The van der Waals surface area contributed by atoms with Crippen molar-refractivity contribution in [3.63, 3.8) is 0 Å². The number of nitrogens with two attached hydrogens (primary N) is 1. The van der Waals surface area contributed by atoms with E-state index in [-0.39, 0.29) is 5.91 Å². The zero-order chi connectivity index (χ0) is 14.1. The van der Waals surface area contributed by atoms with Crippen molar-refractivity contribution < 1.29 is 4.79 Å². The van der Waals surface area contributed by atoms with Crippen LogP contribution in [-0.4, -0.2) is 36.0 Å². The van der Waals surface area contributed by atoms with Crippen LogP contribution in [0.3, 0.4) is 0 Å². The molecule has 110 valence electrons. The summed E-state index contributed by atoms with van der Waals surface area (Å²) in [7, 11) is 2.23. The maximum absolute atomic E-state index is 12.3. The number of carbonyl (C=O) groups excluding carboxylic acids is 1. The van der Waals surface area contributed by atoms with Crippen molar-refractivity contribution in [3.05, 3.63) is 22.4 Å². The lowest BCUT2D eigenvalue weighted by Gasteiger charge is -2.47. The molecule has 2 aliphatic rings. The average Bonchev–Trinajstić information content (AvgIpc) is 2.93. The number of amides is 1. The van der Waals surface area contributed by atoms with Crippen LogP contribution in [0.1, 0.15) is 43.0 Å². The Labute approximate surface area is 124 Å². The van der Waals surface area contributed by atoms with E-state index in [1.165, 1.54) is 19.3 Å². The Morgan fingerprint density at radius 3 is 2.75 bits per heavy atom. The molecule has 0 aromatic carbocycles. The minimum Gasteiger partial charge on any atom is -0.352 e. The Morgan fingerprint density at radius 2 is 2.15 bits per heavy atom. The number of fused-ring (bicyclic) bond motifs is 2. The number of hydrogen-bond donors (Lipinski definition) is 2. The van der Waals surface area contributed by atoms with Crippen LogP contribution in [0.4, 0.5) is 0 Å². The van der Waals surface area contributed by atoms with Crippen LogP contribution in [-0.2, 0) is 4.79 Å². The highest BCUT2D eigenvalue weighted by atomic mass is 32.1. The summed E-state index contributed by atoms with van der Waals surface area (Å²) in [6, 6.07) is 4.90. The predicted molar refractivity (Wildman–Crippen MR) is 81.6 cm³/mol. The van der Waals surface area contributed by atoms with E-state index in [9.17, 15) is 4.79 Å². The molecule has 20 heavy (non-hydrogen) atoms. The fraction of sp³-hybridized carbons (Fsp3) is 0.667. The van der Waals surface area contributed by atoms with Gasteiger partial charge in [0.1, 0.15) is 6.04 Å². The first-order valence-corrected chi connectivity index (χ1v) is 8.34. The second kappa shape index (κ2) is 5.84. The van der Waals surface area contributed by atoms with Crippen LogP contribution in [0.2, 0.25) is 0 Å². The van der Waals surface area contributed by atoms with Gasteiger partial charge in [-0.15, -0.1) is 11.3 Å². The van der Waals surface area contributed by atoms with Crippen LogP contribution in [0.5, 0.6) is 0 Å². The van der Waals surface area contributed by atoms with Crippen molar-refractivity contribution in [2.75, 3.05) is 7.05 Å². The number of nitrogens with zero attached hydrogens (tertiary/aromatic N) is 1. The highest BCUT2D eigenvalue weighted by Crippen LogP contribution is 2.32. The molecule has 0 aliphatic carbocycles. The Kier molecular flexibility index (Phi) is 4.10. The summed E-state index contributed by atoms with van der Waals surface area (Å²) in [6.07, 6.45) is 5.98. The van der Waals surface area contributed by atoms with Gasteiger partial charge in [-0.25, -0.2) is 0 Å². The van der Waals surface area contributed by atoms with Crippen LogP contribution >= 0.6 is 11.3 Å². The molecule has 0 spiro atoms. The van der Waals surface area contributed by atoms with Gasteiger partial charge in [-0.2, -0.15) is 0 Å². The number of nitrogens with one attached hydrogen (secondary N) is 1. The fourth-order valence-corrected chi connectivity index (χ4v) is 4.35. The van der Waals surface area contributed by atoms with Crippen molar-refractivity contribution >= 4 is 17.2 Å². The standard InChI is InChI=1S/C15H23N3OS/c1-18-11-4-2-5-12(18)9-10(8-11)17-15(19)14(16)13-6-3-7-20-13/h3,6-7,10-12,14H,2,4-5,8-9,16H2,1H3,(H,17,19). The molecule has 5 heteroatoms. The van der Waals surface area contributed by atoms with E-state index in [1.807, 2.05) is 17.5 Å². The van der Waals surface area contributed by atoms with Crippen molar-refractivity contribution in [3.8, 4) is 0 Å². The van der Waals surface area contributed by atoms with Gasteiger partial charge in [-0.3, -0.25) is 4.79 Å². The SMILES string of the molecule is CN1C2CCCC1CC(NC(=O)C(N)c1cccs1)C2. The lowest BCUT2D eigenvalue weighted by Crippen LogP contribution is -2.56. The molecule has 4 nitrogen and oxygen atoms in total. The minimum atomic E-state index is -0.519. The van der Waals surface area contributed by atoms with Gasteiger partial charge in [0.2, 0.25) is 5.91 Å². The smallest absolute Gasteiger partial charge is 0.242 e. The fourth-order valence-electron chi connectivity index (χ4n) is 3.62. The molecule has 1 aromatic rings. The highest BCUT2D eigenvalue weighted by Gasteiger charge is 2.36. The predicted octanol–water partition coefficient (Wildman–Crippen LogP) is 1.88. The number of carbonyl (C=O) groups is 1. The van der Waals surface area contributed by atoms with Gasteiger partial charge < -0.3 is 16.0 Å². The van der Waals surface area contributed by atoms with Crippen LogP contribution < -0.4 is 11.1 Å².